The maximum Gasteiger partial charge on any atom is 0.159 e. The van der Waals surface area contributed by atoms with Gasteiger partial charge in [0.1, 0.15) is 5.78 Å². The fraction of sp³-hybridized carbons (Fsp3) is 0.214. The molecule has 0 atom stereocenters. The molecular weight excluding hydrogens is 254 g/mol. The van der Waals surface area contributed by atoms with Gasteiger partial charge in [-0.05, 0) is 46.5 Å². The summed E-state index contributed by atoms with van der Waals surface area (Å²) in [6, 6.07) is 5.56. The van der Waals surface area contributed by atoms with Crippen LogP contribution >= 0.6 is 11.3 Å². The first kappa shape index (κ1) is 12.9. The second-order valence-corrected chi connectivity index (χ2v) is 4.88. The molecule has 1 aromatic carbocycles. The zero-order valence-corrected chi connectivity index (χ0v) is 10.5. The van der Waals surface area contributed by atoms with Gasteiger partial charge in [0.15, 0.2) is 11.6 Å². The maximum absolute atomic E-state index is 13.0. The minimum Gasteiger partial charge on any atom is -0.299 e. The average Bonchev–Trinajstić information content (AvgIpc) is 2.84. The molecule has 1 heterocycles. The Kier molecular flexibility index (Phi) is 4.20. The van der Waals surface area contributed by atoms with E-state index < -0.39 is 11.6 Å². The largest absolute Gasteiger partial charge is 0.299 e. The summed E-state index contributed by atoms with van der Waals surface area (Å²) in [5, 5.41) is 3.97. The number of hydrogen-bond acceptors (Lipinski definition) is 2. The Balaban J connectivity index is 1.88. The number of carbonyl (C=O) groups is 1. The molecular formula is C14H12F2OS. The van der Waals surface area contributed by atoms with Gasteiger partial charge >= 0.3 is 0 Å². The lowest BCUT2D eigenvalue weighted by Crippen LogP contribution is -2.04. The van der Waals surface area contributed by atoms with Crippen LogP contribution in [0.25, 0.3) is 0 Å². The number of benzene rings is 1. The van der Waals surface area contributed by atoms with Crippen molar-refractivity contribution in [3.8, 4) is 0 Å². The van der Waals surface area contributed by atoms with Crippen LogP contribution in [-0.2, 0) is 17.6 Å². The molecule has 0 aliphatic carbocycles. The first-order valence-electron chi connectivity index (χ1n) is 5.62. The van der Waals surface area contributed by atoms with Crippen molar-refractivity contribution in [3.05, 3.63) is 57.8 Å². The van der Waals surface area contributed by atoms with Crippen LogP contribution in [0.5, 0.6) is 0 Å². The fourth-order valence-corrected chi connectivity index (χ4v) is 2.39. The second-order valence-electron chi connectivity index (χ2n) is 4.10. The van der Waals surface area contributed by atoms with E-state index >= 15 is 0 Å². The highest BCUT2D eigenvalue weighted by Gasteiger charge is 2.07. The van der Waals surface area contributed by atoms with E-state index in [9.17, 15) is 13.6 Å². The highest BCUT2D eigenvalue weighted by atomic mass is 32.1. The average molecular weight is 266 g/mol. The summed E-state index contributed by atoms with van der Waals surface area (Å²) in [6.45, 7) is 0. The standard InChI is InChI=1S/C14H12F2OS/c15-13-4-2-11(8-14(13)16)7-12(17)3-1-10-5-6-18-9-10/h2,4-6,8-9H,1,3,7H2. The van der Waals surface area contributed by atoms with Crippen LogP contribution in [0.4, 0.5) is 8.78 Å². The van der Waals surface area contributed by atoms with Crippen molar-refractivity contribution in [1.82, 2.24) is 0 Å². The number of Topliss-reactive ketones (excluding diaryl/α,β-unsaturated/α-hetero) is 1. The Labute approximate surface area is 108 Å². The topological polar surface area (TPSA) is 17.1 Å². The Bertz CT molecular complexity index is 535. The third-order valence-corrected chi connectivity index (χ3v) is 3.39. The molecule has 0 radical (unpaired) electrons. The van der Waals surface area contributed by atoms with Crippen molar-refractivity contribution in [2.45, 2.75) is 19.3 Å². The van der Waals surface area contributed by atoms with Crippen LogP contribution in [0.3, 0.4) is 0 Å². The molecule has 0 N–H and O–H groups in total. The molecule has 0 aliphatic rings. The molecule has 0 unspecified atom stereocenters. The molecule has 0 saturated carbocycles. The van der Waals surface area contributed by atoms with Crippen molar-refractivity contribution >= 4 is 17.1 Å². The van der Waals surface area contributed by atoms with Crippen LogP contribution in [0.1, 0.15) is 17.5 Å². The summed E-state index contributed by atoms with van der Waals surface area (Å²) in [4.78, 5) is 11.7. The van der Waals surface area contributed by atoms with Gasteiger partial charge in [0, 0.05) is 12.8 Å². The van der Waals surface area contributed by atoms with E-state index in [2.05, 4.69) is 0 Å². The third-order valence-electron chi connectivity index (χ3n) is 2.66. The molecule has 1 nitrogen and oxygen atoms in total. The van der Waals surface area contributed by atoms with Gasteiger partial charge in [-0.1, -0.05) is 6.07 Å². The monoisotopic (exact) mass is 266 g/mol. The van der Waals surface area contributed by atoms with E-state index in [1.807, 2.05) is 16.8 Å². The summed E-state index contributed by atoms with van der Waals surface area (Å²) >= 11 is 1.60. The zero-order valence-electron chi connectivity index (χ0n) is 9.66. The van der Waals surface area contributed by atoms with Crippen molar-refractivity contribution in [1.29, 1.82) is 0 Å². The van der Waals surface area contributed by atoms with E-state index in [0.717, 1.165) is 17.7 Å². The van der Waals surface area contributed by atoms with E-state index in [0.29, 0.717) is 18.4 Å². The fourth-order valence-electron chi connectivity index (χ4n) is 1.68. The lowest BCUT2D eigenvalue weighted by Gasteiger charge is -2.02. The van der Waals surface area contributed by atoms with E-state index in [1.165, 1.54) is 6.07 Å². The van der Waals surface area contributed by atoms with Gasteiger partial charge < -0.3 is 0 Å². The van der Waals surface area contributed by atoms with E-state index in [1.54, 1.807) is 11.3 Å². The van der Waals surface area contributed by atoms with Gasteiger partial charge in [-0.3, -0.25) is 4.79 Å². The summed E-state index contributed by atoms with van der Waals surface area (Å²) in [7, 11) is 0. The number of ketones is 1. The van der Waals surface area contributed by atoms with Crippen LogP contribution < -0.4 is 0 Å². The molecule has 94 valence electrons. The Morgan fingerprint density at radius 3 is 2.61 bits per heavy atom. The smallest absolute Gasteiger partial charge is 0.159 e. The number of aryl methyl sites for hydroxylation is 1. The summed E-state index contributed by atoms with van der Waals surface area (Å²) in [5.41, 5.74) is 1.66. The number of carbonyl (C=O) groups excluding carboxylic acids is 1. The molecule has 0 saturated heterocycles. The summed E-state index contributed by atoms with van der Waals surface area (Å²) in [6.07, 6.45) is 1.28. The van der Waals surface area contributed by atoms with Crippen LogP contribution in [-0.4, -0.2) is 5.78 Å². The molecule has 0 amide bonds. The molecule has 2 aromatic rings. The summed E-state index contributed by atoms with van der Waals surface area (Å²) < 4.78 is 25.7. The van der Waals surface area contributed by atoms with Gasteiger partial charge in [-0.25, -0.2) is 8.78 Å². The van der Waals surface area contributed by atoms with Crippen molar-refractivity contribution < 1.29 is 13.6 Å². The van der Waals surface area contributed by atoms with E-state index in [-0.39, 0.29) is 12.2 Å². The molecule has 4 heteroatoms. The zero-order chi connectivity index (χ0) is 13.0. The van der Waals surface area contributed by atoms with Crippen LogP contribution in [0.15, 0.2) is 35.0 Å². The molecule has 0 spiro atoms. The molecule has 2 rings (SSSR count). The number of rotatable bonds is 5. The van der Waals surface area contributed by atoms with Gasteiger partial charge in [0.25, 0.3) is 0 Å². The minimum absolute atomic E-state index is 0.0345. The van der Waals surface area contributed by atoms with Crippen molar-refractivity contribution in [3.63, 3.8) is 0 Å². The van der Waals surface area contributed by atoms with Gasteiger partial charge in [-0.15, -0.1) is 0 Å². The van der Waals surface area contributed by atoms with Gasteiger partial charge in [0.2, 0.25) is 0 Å². The quantitative estimate of drug-likeness (QED) is 0.805. The highest BCUT2D eigenvalue weighted by Crippen LogP contribution is 2.12. The number of halogens is 2. The second kappa shape index (κ2) is 5.87. The molecule has 0 aliphatic heterocycles. The van der Waals surface area contributed by atoms with E-state index in [4.69, 9.17) is 0 Å². The Morgan fingerprint density at radius 2 is 1.94 bits per heavy atom. The SMILES string of the molecule is O=C(CCc1ccsc1)Cc1ccc(F)c(F)c1. The predicted octanol–water partition coefficient (Wildman–Crippen LogP) is 3.77. The minimum atomic E-state index is -0.905. The Hall–Kier alpha value is -1.55. The molecule has 1 aromatic heterocycles. The lowest BCUT2D eigenvalue weighted by molar-refractivity contribution is -0.118. The number of thiophene rings is 1. The Morgan fingerprint density at radius 1 is 1.11 bits per heavy atom. The first-order chi connectivity index (χ1) is 8.65. The molecule has 0 fully saturated rings. The normalized spacial score (nSPS) is 10.6. The molecule has 0 bridgehead atoms. The highest BCUT2D eigenvalue weighted by molar-refractivity contribution is 7.07. The molecule has 18 heavy (non-hydrogen) atoms. The number of hydrogen-bond donors (Lipinski definition) is 0. The first-order valence-corrected chi connectivity index (χ1v) is 6.56. The van der Waals surface area contributed by atoms with Crippen LogP contribution in [0, 0.1) is 11.6 Å². The predicted molar refractivity (Wildman–Crippen MR) is 67.7 cm³/mol. The van der Waals surface area contributed by atoms with Crippen molar-refractivity contribution in [2.75, 3.05) is 0 Å². The van der Waals surface area contributed by atoms with Gasteiger partial charge in [-0.2, -0.15) is 11.3 Å². The van der Waals surface area contributed by atoms with Crippen LogP contribution in [0.2, 0.25) is 0 Å². The lowest BCUT2D eigenvalue weighted by atomic mass is 10.0. The summed E-state index contributed by atoms with van der Waals surface area (Å²) in [5.74, 6) is -1.75. The third kappa shape index (κ3) is 3.47. The van der Waals surface area contributed by atoms with Crippen molar-refractivity contribution in [2.24, 2.45) is 0 Å². The maximum atomic E-state index is 13.0. The van der Waals surface area contributed by atoms with Gasteiger partial charge in [0.05, 0.1) is 0 Å².